The van der Waals surface area contributed by atoms with Gasteiger partial charge in [-0.15, -0.1) is 0 Å². The maximum absolute atomic E-state index is 11.7. The topological polar surface area (TPSA) is 82.1 Å². The maximum atomic E-state index is 11.7. The molecule has 0 aliphatic carbocycles. The smallest absolute Gasteiger partial charge is 0.294 e. The zero-order valence-corrected chi connectivity index (χ0v) is 17.8. The van der Waals surface area contributed by atoms with Crippen molar-refractivity contribution >= 4 is 26.0 Å². The molecule has 0 aliphatic heterocycles. The molecule has 0 saturated heterocycles. The molecular formula is C19H23BrO6S. The van der Waals surface area contributed by atoms with Crippen molar-refractivity contribution in [1.82, 2.24) is 0 Å². The van der Waals surface area contributed by atoms with E-state index in [1.54, 1.807) is 32.4 Å². The van der Waals surface area contributed by atoms with E-state index in [1.807, 2.05) is 19.1 Å². The predicted molar refractivity (Wildman–Crippen MR) is 106 cm³/mol. The van der Waals surface area contributed by atoms with Crippen LogP contribution in [0.1, 0.15) is 30.4 Å². The van der Waals surface area contributed by atoms with Gasteiger partial charge in [0.1, 0.15) is 0 Å². The molecule has 0 radical (unpaired) electrons. The van der Waals surface area contributed by atoms with Crippen LogP contribution in [0.3, 0.4) is 0 Å². The average Bonchev–Trinajstić information content (AvgIpc) is 2.64. The van der Waals surface area contributed by atoms with Gasteiger partial charge in [0, 0.05) is 10.4 Å². The lowest BCUT2D eigenvalue weighted by molar-refractivity contribution is 0.105. The standard InChI is InChI=1S/C19H23BrO6S/c1-4-14(16-10-15(20)6-8-19(16)27(21,22)23)12-26-11-13-5-7-17(24-2)18(9-13)25-3/h5-10,14H,4,11-12H2,1-3H3,(H,21,22,23)/t14-/m0/s1. The van der Waals surface area contributed by atoms with Crippen LogP contribution in [-0.4, -0.2) is 33.8 Å². The quantitative estimate of drug-likeness (QED) is 0.559. The first-order valence-electron chi connectivity index (χ1n) is 8.35. The Balaban J connectivity index is 2.14. The summed E-state index contributed by atoms with van der Waals surface area (Å²) in [5.74, 6) is 1.07. The average molecular weight is 459 g/mol. The van der Waals surface area contributed by atoms with Gasteiger partial charge in [0.2, 0.25) is 0 Å². The molecule has 0 spiro atoms. The first-order valence-corrected chi connectivity index (χ1v) is 10.6. The fourth-order valence-electron chi connectivity index (χ4n) is 2.79. The minimum atomic E-state index is -4.31. The first-order chi connectivity index (χ1) is 12.8. The molecule has 2 aromatic carbocycles. The van der Waals surface area contributed by atoms with Gasteiger partial charge in [-0.25, -0.2) is 0 Å². The van der Waals surface area contributed by atoms with Crippen molar-refractivity contribution in [3.05, 3.63) is 52.0 Å². The van der Waals surface area contributed by atoms with Crippen LogP contribution in [0, 0.1) is 0 Å². The lowest BCUT2D eigenvalue weighted by Gasteiger charge is -2.19. The second-order valence-corrected chi connectivity index (χ2v) is 8.27. The summed E-state index contributed by atoms with van der Waals surface area (Å²) in [5, 5.41) is 0. The van der Waals surface area contributed by atoms with Crippen molar-refractivity contribution in [1.29, 1.82) is 0 Å². The summed E-state index contributed by atoms with van der Waals surface area (Å²) in [5.41, 5.74) is 1.44. The summed E-state index contributed by atoms with van der Waals surface area (Å²) in [4.78, 5) is -0.0905. The molecule has 0 amide bonds. The van der Waals surface area contributed by atoms with E-state index in [9.17, 15) is 13.0 Å². The normalized spacial score (nSPS) is 12.6. The van der Waals surface area contributed by atoms with Crippen molar-refractivity contribution in [3.8, 4) is 11.5 Å². The number of methoxy groups -OCH3 is 2. The molecule has 2 rings (SSSR count). The van der Waals surface area contributed by atoms with Gasteiger partial charge in [0.25, 0.3) is 10.1 Å². The zero-order valence-electron chi connectivity index (χ0n) is 15.4. The Morgan fingerprint density at radius 2 is 1.78 bits per heavy atom. The molecular weight excluding hydrogens is 436 g/mol. The van der Waals surface area contributed by atoms with Crippen LogP contribution in [0.5, 0.6) is 11.5 Å². The van der Waals surface area contributed by atoms with Gasteiger partial charge < -0.3 is 14.2 Å². The molecule has 0 unspecified atom stereocenters. The summed E-state index contributed by atoms with van der Waals surface area (Å²) in [6, 6.07) is 10.2. The monoisotopic (exact) mass is 458 g/mol. The van der Waals surface area contributed by atoms with Crippen molar-refractivity contribution in [3.63, 3.8) is 0 Å². The Bertz CT molecular complexity index is 882. The van der Waals surface area contributed by atoms with Gasteiger partial charge in [-0.2, -0.15) is 8.42 Å². The van der Waals surface area contributed by atoms with Crippen LogP contribution in [0.4, 0.5) is 0 Å². The first kappa shape index (κ1) is 21.7. The maximum Gasteiger partial charge on any atom is 0.294 e. The molecule has 148 valence electrons. The highest BCUT2D eigenvalue weighted by Crippen LogP contribution is 2.31. The summed E-state index contributed by atoms with van der Waals surface area (Å²) in [7, 11) is -1.16. The van der Waals surface area contributed by atoms with E-state index >= 15 is 0 Å². The number of hydrogen-bond donors (Lipinski definition) is 1. The van der Waals surface area contributed by atoms with Crippen molar-refractivity contribution in [2.75, 3.05) is 20.8 Å². The minimum absolute atomic E-state index is 0.0905. The van der Waals surface area contributed by atoms with Gasteiger partial charge in [-0.05, 0) is 47.9 Å². The van der Waals surface area contributed by atoms with Gasteiger partial charge >= 0.3 is 0 Å². The van der Waals surface area contributed by atoms with E-state index in [0.29, 0.717) is 36.7 Å². The number of benzene rings is 2. The molecule has 0 heterocycles. The predicted octanol–water partition coefficient (Wildman–Crippen LogP) is 4.42. The third-order valence-corrected chi connectivity index (χ3v) is 5.64. The largest absolute Gasteiger partial charge is 0.493 e. The Morgan fingerprint density at radius 3 is 2.37 bits per heavy atom. The molecule has 27 heavy (non-hydrogen) atoms. The summed E-state index contributed by atoms with van der Waals surface area (Å²) in [6.45, 7) is 2.59. The number of rotatable bonds is 9. The lowest BCUT2D eigenvalue weighted by Crippen LogP contribution is -2.12. The Morgan fingerprint density at radius 1 is 1.07 bits per heavy atom. The molecule has 0 aliphatic rings. The lowest BCUT2D eigenvalue weighted by atomic mass is 9.97. The second kappa shape index (κ2) is 9.54. The summed E-state index contributed by atoms with van der Waals surface area (Å²) in [6.07, 6.45) is 0.658. The Hall–Kier alpha value is -1.61. The molecule has 6 nitrogen and oxygen atoms in total. The highest BCUT2D eigenvalue weighted by atomic mass is 79.9. The van der Waals surface area contributed by atoms with E-state index in [1.165, 1.54) is 6.07 Å². The number of hydrogen-bond acceptors (Lipinski definition) is 5. The molecule has 0 saturated carbocycles. The highest BCUT2D eigenvalue weighted by molar-refractivity contribution is 9.10. The number of halogens is 1. The molecule has 1 N–H and O–H groups in total. The van der Waals surface area contributed by atoms with Crippen molar-refractivity contribution in [2.45, 2.75) is 30.8 Å². The molecule has 0 aromatic heterocycles. The van der Waals surface area contributed by atoms with Gasteiger partial charge in [0.15, 0.2) is 11.5 Å². The van der Waals surface area contributed by atoms with Crippen LogP contribution in [0.15, 0.2) is 45.8 Å². The van der Waals surface area contributed by atoms with Gasteiger partial charge in [0.05, 0.1) is 32.3 Å². The molecule has 0 bridgehead atoms. The van der Waals surface area contributed by atoms with Crippen LogP contribution in [-0.2, 0) is 21.5 Å². The Labute approximate surface area is 168 Å². The molecule has 2 aromatic rings. The third-order valence-electron chi connectivity index (χ3n) is 4.22. The SMILES string of the molecule is CC[C@@H](COCc1ccc(OC)c(OC)c1)c1cc(Br)ccc1S(=O)(=O)O. The van der Waals surface area contributed by atoms with Gasteiger partial charge in [-0.1, -0.05) is 28.9 Å². The summed E-state index contributed by atoms with van der Waals surface area (Å²) < 4.78 is 49.9. The zero-order chi connectivity index (χ0) is 20.0. The van der Waals surface area contributed by atoms with Crippen molar-refractivity contribution < 1.29 is 27.2 Å². The van der Waals surface area contributed by atoms with Crippen LogP contribution in [0.25, 0.3) is 0 Å². The summed E-state index contributed by atoms with van der Waals surface area (Å²) >= 11 is 3.35. The Kier molecular flexibility index (Phi) is 7.67. The fourth-order valence-corrected chi connectivity index (χ4v) is 3.93. The third kappa shape index (κ3) is 5.68. The van der Waals surface area contributed by atoms with E-state index in [-0.39, 0.29) is 10.8 Å². The fraction of sp³-hybridized carbons (Fsp3) is 0.368. The second-order valence-electron chi connectivity index (χ2n) is 5.97. The minimum Gasteiger partial charge on any atom is -0.493 e. The van der Waals surface area contributed by atoms with E-state index in [2.05, 4.69) is 15.9 Å². The number of ether oxygens (including phenoxy) is 3. The van der Waals surface area contributed by atoms with E-state index in [0.717, 1.165) is 10.0 Å². The van der Waals surface area contributed by atoms with E-state index in [4.69, 9.17) is 14.2 Å². The molecule has 1 atom stereocenters. The van der Waals surface area contributed by atoms with Crippen LogP contribution < -0.4 is 9.47 Å². The molecule has 8 heteroatoms. The van der Waals surface area contributed by atoms with E-state index < -0.39 is 10.1 Å². The van der Waals surface area contributed by atoms with Crippen molar-refractivity contribution in [2.24, 2.45) is 0 Å². The van der Waals surface area contributed by atoms with Crippen LogP contribution in [0.2, 0.25) is 0 Å². The van der Waals surface area contributed by atoms with Gasteiger partial charge in [-0.3, -0.25) is 4.55 Å². The van der Waals surface area contributed by atoms with Crippen LogP contribution >= 0.6 is 15.9 Å². The highest BCUT2D eigenvalue weighted by Gasteiger charge is 2.22. The molecule has 0 fully saturated rings.